The van der Waals surface area contributed by atoms with Crippen molar-refractivity contribution in [3.05, 3.63) is 74.0 Å². The minimum Gasteiger partial charge on any atom is -0.617 e. The molecule has 22 heavy (non-hydrogen) atoms. The molecule has 3 nitrogen and oxygen atoms in total. The lowest BCUT2D eigenvalue weighted by Gasteiger charge is -2.11. The number of nitrogens with zero attached hydrogens (tertiary/aromatic N) is 2. The van der Waals surface area contributed by atoms with E-state index in [1.165, 1.54) is 6.20 Å². The van der Waals surface area contributed by atoms with Gasteiger partial charge in [0.05, 0.1) is 0 Å². The summed E-state index contributed by atoms with van der Waals surface area (Å²) in [4.78, 5) is 4.36. The van der Waals surface area contributed by atoms with Crippen LogP contribution in [0.1, 0.15) is 0 Å². The monoisotopic (exact) mass is 438 g/mol. The summed E-state index contributed by atoms with van der Waals surface area (Å²) in [7, 11) is 0. The Bertz CT molecular complexity index is 821. The molecule has 0 N–H and O–H groups in total. The number of aromatic nitrogens is 2. The summed E-state index contributed by atoms with van der Waals surface area (Å²) in [6, 6.07) is 15.1. The summed E-state index contributed by atoms with van der Waals surface area (Å²) in [6.07, 6.45) is 1.37. The molecular formula is C16H9Br2ClN2O. The van der Waals surface area contributed by atoms with E-state index in [0.29, 0.717) is 16.1 Å². The summed E-state index contributed by atoms with van der Waals surface area (Å²) in [5, 5.41) is 12.5. The first-order valence-electron chi connectivity index (χ1n) is 6.36. The van der Waals surface area contributed by atoms with Crippen molar-refractivity contribution in [2.75, 3.05) is 0 Å². The molecule has 3 aromatic rings. The molecule has 0 aliphatic carbocycles. The zero-order chi connectivity index (χ0) is 15.7. The van der Waals surface area contributed by atoms with Crippen molar-refractivity contribution in [3.63, 3.8) is 0 Å². The molecule has 1 heterocycles. The number of halogens is 3. The van der Waals surface area contributed by atoms with Gasteiger partial charge in [0.15, 0.2) is 0 Å². The van der Waals surface area contributed by atoms with E-state index in [0.717, 1.165) is 20.1 Å². The summed E-state index contributed by atoms with van der Waals surface area (Å²) in [5.74, 6) is 0. The third-order valence-electron chi connectivity index (χ3n) is 3.16. The molecule has 2 aromatic carbocycles. The van der Waals surface area contributed by atoms with Crippen LogP contribution in [-0.4, -0.2) is 4.98 Å². The fourth-order valence-electron chi connectivity index (χ4n) is 2.12. The van der Waals surface area contributed by atoms with Crippen molar-refractivity contribution >= 4 is 43.5 Å². The lowest BCUT2D eigenvalue weighted by atomic mass is 10.0. The normalized spacial score (nSPS) is 10.7. The lowest BCUT2D eigenvalue weighted by Crippen LogP contribution is -2.32. The van der Waals surface area contributed by atoms with Gasteiger partial charge in [-0.25, -0.2) is 4.98 Å². The van der Waals surface area contributed by atoms with Crippen LogP contribution >= 0.6 is 43.5 Å². The number of benzene rings is 2. The number of hydrogen-bond acceptors (Lipinski definition) is 2. The molecular weight excluding hydrogens is 431 g/mol. The van der Waals surface area contributed by atoms with Crippen LogP contribution in [0.2, 0.25) is 5.15 Å². The van der Waals surface area contributed by atoms with Gasteiger partial charge in [-0.05, 0) is 48.0 Å². The molecule has 110 valence electrons. The predicted octanol–water partition coefficient (Wildman–Crippen LogP) is 5.23. The van der Waals surface area contributed by atoms with E-state index in [-0.39, 0.29) is 5.15 Å². The summed E-state index contributed by atoms with van der Waals surface area (Å²) >= 11 is 12.7. The lowest BCUT2D eigenvalue weighted by molar-refractivity contribution is -0.591. The molecule has 0 aliphatic heterocycles. The van der Waals surface area contributed by atoms with E-state index < -0.39 is 0 Å². The van der Waals surface area contributed by atoms with Crippen molar-refractivity contribution in [3.8, 4) is 22.5 Å². The van der Waals surface area contributed by atoms with Crippen LogP contribution in [0, 0.1) is 5.21 Å². The van der Waals surface area contributed by atoms with Gasteiger partial charge >= 0.3 is 5.15 Å². The average Bonchev–Trinajstić information content (AvgIpc) is 2.52. The van der Waals surface area contributed by atoms with Gasteiger partial charge in [0, 0.05) is 20.1 Å². The standard InChI is InChI=1S/C16H9Br2ClN2O/c17-12-5-1-10(2-6-12)15-16(21(22)14(19)9-20-15)11-3-7-13(18)8-4-11/h1-9H. The van der Waals surface area contributed by atoms with E-state index in [1.807, 2.05) is 48.5 Å². The van der Waals surface area contributed by atoms with E-state index in [9.17, 15) is 5.21 Å². The van der Waals surface area contributed by atoms with Gasteiger partial charge in [-0.2, -0.15) is 4.73 Å². The second kappa shape index (κ2) is 6.36. The van der Waals surface area contributed by atoms with Gasteiger partial charge < -0.3 is 5.21 Å². The maximum Gasteiger partial charge on any atom is 0.305 e. The number of rotatable bonds is 2. The fourth-order valence-corrected chi connectivity index (χ4v) is 2.78. The van der Waals surface area contributed by atoms with Crippen molar-refractivity contribution in [2.24, 2.45) is 0 Å². The van der Waals surface area contributed by atoms with E-state index in [4.69, 9.17) is 11.6 Å². The van der Waals surface area contributed by atoms with Crippen molar-refractivity contribution < 1.29 is 4.73 Å². The highest BCUT2D eigenvalue weighted by atomic mass is 79.9. The molecule has 1 aromatic heterocycles. The van der Waals surface area contributed by atoms with Crippen LogP contribution in [0.5, 0.6) is 0 Å². The maximum atomic E-state index is 12.4. The Kier molecular flexibility index (Phi) is 4.47. The van der Waals surface area contributed by atoms with E-state index in [2.05, 4.69) is 36.8 Å². The van der Waals surface area contributed by atoms with Gasteiger partial charge in [0.1, 0.15) is 11.9 Å². The first kappa shape index (κ1) is 15.5. The molecule has 6 heteroatoms. The average molecular weight is 441 g/mol. The number of hydrogen-bond donors (Lipinski definition) is 0. The first-order chi connectivity index (χ1) is 10.6. The molecule has 0 saturated carbocycles. The van der Waals surface area contributed by atoms with Gasteiger partial charge in [0.2, 0.25) is 0 Å². The van der Waals surface area contributed by atoms with Crippen molar-refractivity contribution in [1.29, 1.82) is 0 Å². The van der Waals surface area contributed by atoms with Crippen molar-refractivity contribution in [2.45, 2.75) is 0 Å². The second-order valence-electron chi connectivity index (χ2n) is 4.59. The van der Waals surface area contributed by atoms with Crippen molar-refractivity contribution in [1.82, 2.24) is 4.98 Å². The molecule has 3 rings (SSSR count). The summed E-state index contributed by atoms with van der Waals surface area (Å²) in [5.41, 5.74) is 2.63. The van der Waals surface area contributed by atoms with Crippen LogP contribution in [0.25, 0.3) is 22.5 Å². The fraction of sp³-hybridized carbons (Fsp3) is 0. The molecule has 0 spiro atoms. The third kappa shape index (κ3) is 3.02. The molecule has 0 atom stereocenters. The zero-order valence-electron chi connectivity index (χ0n) is 11.1. The zero-order valence-corrected chi connectivity index (χ0v) is 15.1. The minimum atomic E-state index is 0.0405. The van der Waals surface area contributed by atoms with E-state index in [1.54, 1.807) is 0 Å². The highest BCUT2D eigenvalue weighted by molar-refractivity contribution is 9.10. The smallest absolute Gasteiger partial charge is 0.305 e. The molecule has 0 saturated heterocycles. The van der Waals surface area contributed by atoms with Crippen LogP contribution in [-0.2, 0) is 0 Å². The van der Waals surface area contributed by atoms with E-state index >= 15 is 0 Å². The molecule has 0 aliphatic rings. The Hall–Kier alpha value is -1.43. The van der Waals surface area contributed by atoms with Crippen LogP contribution in [0.4, 0.5) is 0 Å². The van der Waals surface area contributed by atoms with Gasteiger partial charge in [0.25, 0.3) is 5.69 Å². The summed E-state index contributed by atoms with van der Waals surface area (Å²) < 4.78 is 2.61. The van der Waals surface area contributed by atoms with Crippen LogP contribution < -0.4 is 4.73 Å². The Morgan fingerprint density at radius 2 is 1.36 bits per heavy atom. The van der Waals surface area contributed by atoms with Gasteiger partial charge in [-0.15, -0.1) is 0 Å². The van der Waals surface area contributed by atoms with Gasteiger partial charge in [-0.1, -0.05) is 44.0 Å². The highest BCUT2D eigenvalue weighted by Gasteiger charge is 2.21. The quantitative estimate of drug-likeness (QED) is 0.405. The Morgan fingerprint density at radius 3 is 1.91 bits per heavy atom. The second-order valence-corrected chi connectivity index (χ2v) is 6.80. The molecule has 0 unspecified atom stereocenters. The predicted molar refractivity (Wildman–Crippen MR) is 94.5 cm³/mol. The Balaban J connectivity index is 2.25. The minimum absolute atomic E-state index is 0.0405. The topological polar surface area (TPSA) is 39.8 Å². The van der Waals surface area contributed by atoms with Crippen LogP contribution in [0.15, 0.2) is 63.7 Å². The Labute approximate surface area is 149 Å². The molecule has 0 amide bonds. The molecule has 0 bridgehead atoms. The first-order valence-corrected chi connectivity index (χ1v) is 8.32. The SMILES string of the molecule is [O-][n+]1c(Cl)cnc(-c2ccc(Br)cc2)c1-c1ccc(Br)cc1. The molecule has 0 radical (unpaired) electrons. The van der Waals surface area contributed by atoms with Crippen LogP contribution in [0.3, 0.4) is 0 Å². The maximum absolute atomic E-state index is 12.4. The summed E-state index contributed by atoms with van der Waals surface area (Å²) in [6.45, 7) is 0. The van der Waals surface area contributed by atoms with Gasteiger partial charge in [-0.3, -0.25) is 0 Å². The molecule has 0 fully saturated rings. The highest BCUT2D eigenvalue weighted by Crippen LogP contribution is 2.30. The Morgan fingerprint density at radius 1 is 0.864 bits per heavy atom. The third-order valence-corrected chi connectivity index (χ3v) is 4.47. The largest absolute Gasteiger partial charge is 0.617 e.